The number of fused-ring (bicyclic) bond motifs is 1. The Bertz CT molecular complexity index is 599. The predicted octanol–water partition coefficient (Wildman–Crippen LogP) is 0.891. The van der Waals surface area contributed by atoms with Gasteiger partial charge in [-0.1, -0.05) is 13.0 Å². The van der Waals surface area contributed by atoms with Crippen LogP contribution in [0.2, 0.25) is 0 Å². The third-order valence-electron chi connectivity index (χ3n) is 3.97. The van der Waals surface area contributed by atoms with Crippen LogP contribution in [0.3, 0.4) is 0 Å². The largest absolute Gasteiger partial charge is 0.454 e. The molecule has 5 nitrogen and oxygen atoms in total. The summed E-state index contributed by atoms with van der Waals surface area (Å²) >= 11 is 0. The molecule has 3 unspecified atom stereocenters. The zero-order valence-electron chi connectivity index (χ0n) is 10.7. The first-order chi connectivity index (χ1) is 9.08. The van der Waals surface area contributed by atoms with Crippen molar-refractivity contribution in [2.45, 2.75) is 18.1 Å². The van der Waals surface area contributed by atoms with Gasteiger partial charge in [0.15, 0.2) is 21.3 Å². The minimum atomic E-state index is -3.05. The fourth-order valence-corrected chi connectivity index (χ4v) is 4.78. The topological polar surface area (TPSA) is 78.6 Å². The Kier molecular flexibility index (Phi) is 2.94. The lowest BCUT2D eigenvalue weighted by Crippen LogP contribution is -2.15. The van der Waals surface area contributed by atoms with Gasteiger partial charge in [0, 0.05) is 11.7 Å². The molecule has 1 saturated carbocycles. The molecule has 1 aromatic carbocycles. The molecule has 0 radical (unpaired) electrons. The molecule has 2 N–H and O–H groups in total. The summed E-state index contributed by atoms with van der Waals surface area (Å²) in [4.78, 5) is 0. The zero-order chi connectivity index (χ0) is 13.6. The van der Waals surface area contributed by atoms with Gasteiger partial charge in [0.25, 0.3) is 0 Å². The van der Waals surface area contributed by atoms with Gasteiger partial charge in [0.2, 0.25) is 6.79 Å². The first-order valence-electron chi connectivity index (χ1n) is 6.39. The molecule has 6 heteroatoms. The van der Waals surface area contributed by atoms with E-state index in [1.165, 1.54) is 0 Å². The van der Waals surface area contributed by atoms with E-state index in [2.05, 4.69) is 0 Å². The van der Waals surface area contributed by atoms with Crippen LogP contribution in [-0.4, -0.2) is 32.8 Å². The number of rotatable bonds is 4. The first kappa shape index (κ1) is 12.7. The van der Waals surface area contributed by atoms with Gasteiger partial charge in [-0.15, -0.1) is 0 Å². The highest BCUT2D eigenvalue weighted by atomic mass is 32.2. The average molecular weight is 283 g/mol. The highest BCUT2D eigenvalue weighted by Crippen LogP contribution is 2.53. The molecule has 19 heavy (non-hydrogen) atoms. The van der Waals surface area contributed by atoms with Crippen molar-refractivity contribution < 1.29 is 17.9 Å². The summed E-state index contributed by atoms with van der Waals surface area (Å²) in [6, 6.07) is 5.62. The van der Waals surface area contributed by atoms with Gasteiger partial charge < -0.3 is 15.2 Å². The van der Waals surface area contributed by atoms with E-state index in [1.807, 2.05) is 18.2 Å². The van der Waals surface area contributed by atoms with E-state index >= 15 is 0 Å². The van der Waals surface area contributed by atoms with E-state index in [4.69, 9.17) is 15.2 Å². The summed E-state index contributed by atoms with van der Waals surface area (Å²) in [5.41, 5.74) is 6.67. The maximum absolute atomic E-state index is 12.0. The van der Waals surface area contributed by atoms with E-state index in [-0.39, 0.29) is 29.6 Å². The molecule has 104 valence electrons. The summed E-state index contributed by atoms with van der Waals surface area (Å²) in [6.07, 6.45) is 0. The van der Waals surface area contributed by atoms with Gasteiger partial charge in [-0.25, -0.2) is 8.42 Å². The van der Waals surface area contributed by atoms with Crippen molar-refractivity contribution in [1.29, 1.82) is 0 Å². The second kappa shape index (κ2) is 4.38. The normalized spacial score (nSPS) is 28.4. The van der Waals surface area contributed by atoms with E-state index in [1.54, 1.807) is 6.92 Å². The summed E-state index contributed by atoms with van der Waals surface area (Å²) in [6.45, 7) is 2.29. The lowest BCUT2D eigenvalue weighted by molar-refractivity contribution is 0.174. The molecule has 2 aliphatic rings. The van der Waals surface area contributed by atoms with Crippen LogP contribution in [0.15, 0.2) is 18.2 Å². The maximum Gasteiger partial charge on any atom is 0.231 e. The van der Waals surface area contributed by atoms with Gasteiger partial charge in [-0.05, 0) is 30.2 Å². The molecule has 0 amide bonds. The zero-order valence-corrected chi connectivity index (χ0v) is 11.5. The predicted molar refractivity (Wildman–Crippen MR) is 71.1 cm³/mol. The molecule has 0 spiro atoms. The Balaban J connectivity index is 1.91. The smallest absolute Gasteiger partial charge is 0.231 e. The fourth-order valence-electron chi connectivity index (χ4n) is 2.86. The van der Waals surface area contributed by atoms with Crippen molar-refractivity contribution in [3.63, 3.8) is 0 Å². The Morgan fingerprint density at radius 2 is 2.05 bits per heavy atom. The van der Waals surface area contributed by atoms with Gasteiger partial charge >= 0.3 is 0 Å². The Labute approximate surface area is 112 Å². The van der Waals surface area contributed by atoms with Crippen molar-refractivity contribution in [3.05, 3.63) is 23.8 Å². The van der Waals surface area contributed by atoms with Crippen molar-refractivity contribution >= 4 is 9.84 Å². The van der Waals surface area contributed by atoms with Gasteiger partial charge in [-0.3, -0.25) is 0 Å². The molecular formula is C13H17NO4S. The molecule has 0 aromatic heterocycles. The van der Waals surface area contributed by atoms with E-state index in [0.717, 1.165) is 5.56 Å². The molecule has 1 aliphatic carbocycles. The molecule has 0 bridgehead atoms. The molecule has 3 atom stereocenters. The molecule has 1 aliphatic heterocycles. The fraction of sp³-hybridized carbons (Fsp3) is 0.538. The van der Waals surface area contributed by atoms with Crippen molar-refractivity contribution in [2.75, 3.05) is 19.1 Å². The Morgan fingerprint density at radius 3 is 2.74 bits per heavy atom. The van der Waals surface area contributed by atoms with Crippen LogP contribution in [0.1, 0.15) is 18.4 Å². The SMILES string of the molecule is CCS(=O)(=O)C1C(CN)C1c1ccc2c(c1)OCO2. The molecule has 1 aromatic rings. The van der Waals surface area contributed by atoms with Crippen molar-refractivity contribution in [2.24, 2.45) is 11.7 Å². The number of nitrogens with two attached hydrogens (primary N) is 1. The van der Waals surface area contributed by atoms with Crippen LogP contribution < -0.4 is 15.2 Å². The van der Waals surface area contributed by atoms with Gasteiger partial charge in [0.05, 0.1) is 5.25 Å². The second-order valence-corrected chi connectivity index (χ2v) is 7.40. The highest BCUT2D eigenvalue weighted by Gasteiger charge is 2.57. The summed E-state index contributed by atoms with van der Waals surface area (Å²) in [5.74, 6) is 1.57. The third kappa shape index (κ3) is 1.99. The maximum atomic E-state index is 12.0. The average Bonchev–Trinajstić information content (AvgIpc) is 2.99. The minimum Gasteiger partial charge on any atom is -0.454 e. The molecule has 3 rings (SSSR count). The van der Waals surface area contributed by atoms with Crippen LogP contribution in [0, 0.1) is 5.92 Å². The standard InChI is InChI=1S/C13H17NO4S/c1-2-19(15,16)13-9(6-14)12(13)8-3-4-10-11(5-8)18-7-17-10/h3-5,9,12-13H,2,6-7,14H2,1H3. The summed E-state index contributed by atoms with van der Waals surface area (Å²) < 4.78 is 34.7. The Morgan fingerprint density at radius 1 is 1.32 bits per heavy atom. The molecule has 0 saturated heterocycles. The van der Waals surface area contributed by atoms with Crippen LogP contribution in [-0.2, 0) is 9.84 Å². The number of hydrogen-bond acceptors (Lipinski definition) is 5. The van der Waals surface area contributed by atoms with Gasteiger partial charge in [0.1, 0.15) is 0 Å². The van der Waals surface area contributed by atoms with Crippen LogP contribution in [0.5, 0.6) is 11.5 Å². The van der Waals surface area contributed by atoms with E-state index in [0.29, 0.717) is 18.0 Å². The third-order valence-corrected chi connectivity index (χ3v) is 6.24. The first-order valence-corrected chi connectivity index (χ1v) is 8.11. The quantitative estimate of drug-likeness (QED) is 0.888. The summed E-state index contributed by atoms with van der Waals surface area (Å²) in [5, 5.41) is -0.345. The number of ether oxygens (including phenoxy) is 2. The Hall–Kier alpha value is -1.27. The highest BCUT2D eigenvalue weighted by molar-refractivity contribution is 7.92. The molecular weight excluding hydrogens is 266 g/mol. The molecule has 1 fully saturated rings. The summed E-state index contributed by atoms with van der Waals surface area (Å²) in [7, 11) is -3.05. The monoisotopic (exact) mass is 283 g/mol. The van der Waals surface area contributed by atoms with E-state index in [9.17, 15) is 8.42 Å². The second-order valence-electron chi connectivity index (χ2n) is 4.95. The lowest BCUT2D eigenvalue weighted by atomic mass is 10.1. The van der Waals surface area contributed by atoms with Crippen molar-refractivity contribution in [1.82, 2.24) is 0 Å². The molecule has 1 heterocycles. The van der Waals surface area contributed by atoms with Crippen LogP contribution >= 0.6 is 0 Å². The van der Waals surface area contributed by atoms with E-state index < -0.39 is 9.84 Å². The van der Waals surface area contributed by atoms with Crippen LogP contribution in [0.4, 0.5) is 0 Å². The van der Waals surface area contributed by atoms with Crippen LogP contribution in [0.25, 0.3) is 0 Å². The minimum absolute atomic E-state index is 0.00977. The number of benzene rings is 1. The van der Waals surface area contributed by atoms with Crippen molar-refractivity contribution in [3.8, 4) is 11.5 Å². The number of sulfone groups is 1. The number of hydrogen-bond donors (Lipinski definition) is 1. The van der Waals surface area contributed by atoms with Gasteiger partial charge in [-0.2, -0.15) is 0 Å². The lowest BCUT2D eigenvalue weighted by Gasteiger charge is -2.02.